The summed E-state index contributed by atoms with van der Waals surface area (Å²) in [5.74, 6) is 0. The van der Waals surface area contributed by atoms with Gasteiger partial charge in [-0.15, -0.1) is 0 Å². The maximum atomic E-state index is 4.50. The number of hydrogen-bond donors (Lipinski definition) is 1. The predicted molar refractivity (Wildman–Crippen MR) is 79.0 cm³/mol. The van der Waals surface area contributed by atoms with Gasteiger partial charge in [0.15, 0.2) is 0 Å². The fourth-order valence-electron chi connectivity index (χ4n) is 2.88. The lowest BCUT2D eigenvalue weighted by atomic mass is 9.94. The molecule has 2 rings (SSSR count). The molecule has 102 valence electrons. The number of nitrogens with zero attached hydrogens (tertiary/aromatic N) is 2. The van der Waals surface area contributed by atoms with Crippen LogP contribution in [0.5, 0.6) is 0 Å². The first-order valence-corrected chi connectivity index (χ1v) is 8.31. The first-order valence-electron chi connectivity index (χ1n) is 7.02. The van der Waals surface area contributed by atoms with Crippen molar-refractivity contribution in [1.29, 1.82) is 0 Å². The lowest BCUT2D eigenvalue weighted by Crippen LogP contribution is -2.40. The Kier molecular flexibility index (Phi) is 5.13. The fraction of sp³-hybridized carbons (Fsp3) is 0.786. The van der Waals surface area contributed by atoms with Crippen LogP contribution in [0.25, 0.3) is 0 Å². The molecule has 1 N–H and O–H groups in total. The molecule has 1 aliphatic rings. The number of rotatable bonds is 5. The van der Waals surface area contributed by atoms with E-state index in [4.69, 9.17) is 0 Å². The van der Waals surface area contributed by atoms with Gasteiger partial charge in [-0.1, -0.05) is 19.8 Å². The van der Waals surface area contributed by atoms with Crippen LogP contribution in [0.4, 0.5) is 0 Å². The molecular weight excluding hydrogens is 242 g/mol. The monoisotopic (exact) mass is 267 g/mol. The summed E-state index contributed by atoms with van der Waals surface area (Å²) in [6.07, 6.45) is 10.9. The molecular formula is C14H25N3S. The Morgan fingerprint density at radius 3 is 2.94 bits per heavy atom. The minimum atomic E-state index is 0.679. The van der Waals surface area contributed by atoms with Gasteiger partial charge in [0.2, 0.25) is 0 Å². The van der Waals surface area contributed by atoms with E-state index in [2.05, 4.69) is 29.8 Å². The zero-order valence-corrected chi connectivity index (χ0v) is 12.6. The predicted octanol–water partition coefficient (Wildman–Crippen LogP) is 2.75. The molecule has 1 aromatic heterocycles. The average molecular weight is 267 g/mol. The van der Waals surface area contributed by atoms with Crippen LogP contribution in [0.15, 0.2) is 6.20 Å². The Bertz CT molecular complexity index is 375. The van der Waals surface area contributed by atoms with Crippen molar-refractivity contribution in [3.05, 3.63) is 17.5 Å². The van der Waals surface area contributed by atoms with Gasteiger partial charge >= 0.3 is 0 Å². The second-order valence-corrected chi connectivity index (χ2v) is 6.25. The van der Waals surface area contributed by atoms with Crippen LogP contribution in [-0.4, -0.2) is 27.3 Å². The Balaban J connectivity index is 1.93. The summed E-state index contributed by atoms with van der Waals surface area (Å²) in [4.78, 5) is 0. The van der Waals surface area contributed by atoms with Crippen molar-refractivity contribution in [1.82, 2.24) is 15.1 Å². The fourth-order valence-corrected chi connectivity index (χ4v) is 3.85. The van der Waals surface area contributed by atoms with Gasteiger partial charge in [0.05, 0.1) is 5.69 Å². The van der Waals surface area contributed by atoms with Crippen molar-refractivity contribution in [2.45, 2.75) is 56.9 Å². The highest BCUT2D eigenvalue weighted by Crippen LogP contribution is 2.27. The molecule has 1 aromatic rings. The minimum absolute atomic E-state index is 0.679. The van der Waals surface area contributed by atoms with Crippen molar-refractivity contribution in [2.24, 2.45) is 7.05 Å². The molecule has 0 saturated heterocycles. The molecule has 0 amide bonds. The normalized spacial score (nSPS) is 24.4. The van der Waals surface area contributed by atoms with E-state index in [-0.39, 0.29) is 0 Å². The van der Waals surface area contributed by atoms with Gasteiger partial charge in [0.25, 0.3) is 0 Å². The van der Waals surface area contributed by atoms with Gasteiger partial charge < -0.3 is 5.32 Å². The highest BCUT2D eigenvalue weighted by Gasteiger charge is 2.23. The molecule has 0 spiro atoms. The van der Waals surface area contributed by atoms with Crippen molar-refractivity contribution in [3.8, 4) is 0 Å². The molecule has 1 aliphatic carbocycles. The molecule has 1 saturated carbocycles. The molecule has 18 heavy (non-hydrogen) atoms. The molecule has 0 aromatic carbocycles. The van der Waals surface area contributed by atoms with Crippen LogP contribution in [0.1, 0.15) is 43.9 Å². The SMILES string of the molecule is CCc1nn(C)cc1CNC1CCCCC1SC. The molecule has 2 unspecified atom stereocenters. The first kappa shape index (κ1) is 13.9. The third kappa shape index (κ3) is 3.29. The Morgan fingerprint density at radius 2 is 2.22 bits per heavy atom. The number of thioether (sulfide) groups is 1. The maximum absolute atomic E-state index is 4.50. The summed E-state index contributed by atoms with van der Waals surface area (Å²) in [5, 5.41) is 9.05. The Morgan fingerprint density at radius 1 is 1.44 bits per heavy atom. The van der Waals surface area contributed by atoms with E-state index >= 15 is 0 Å². The van der Waals surface area contributed by atoms with E-state index < -0.39 is 0 Å². The van der Waals surface area contributed by atoms with Crippen LogP contribution in [0.3, 0.4) is 0 Å². The molecule has 0 aliphatic heterocycles. The Labute approximate surface area is 115 Å². The van der Waals surface area contributed by atoms with E-state index in [0.717, 1.165) is 18.2 Å². The minimum Gasteiger partial charge on any atom is -0.309 e. The van der Waals surface area contributed by atoms with Gasteiger partial charge in [0, 0.05) is 36.6 Å². The molecule has 4 heteroatoms. The van der Waals surface area contributed by atoms with Crippen molar-refractivity contribution < 1.29 is 0 Å². The van der Waals surface area contributed by atoms with Crippen LogP contribution in [0.2, 0.25) is 0 Å². The largest absolute Gasteiger partial charge is 0.309 e. The van der Waals surface area contributed by atoms with E-state index in [9.17, 15) is 0 Å². The van der Waals surface area contributed by atoms with Crippen LogP contribution in [0, 0.1) is 0 Å². The van der Waals surface area contributed by atoms with E-state index in [1.54, 1.807) is 0 Å². The van der Waals surface area contributed by atoms with Crippen LogP contribution >= 0.6 is 11.8 Å². The second-order valence-electron chi connectivity index (χ2n) is 5.17. The number of aryl methyl sites for hydroxylation is 2. The molecule has 1 heterocycles. The van der Waals surface area contributed by atoms with Crippen LogP contribution < -0.4 is 5.32 Å². The third-order valence-electron chi connectivity index (χ3n) is 3.89. The van der Waals surface area contributed by atoms with Crippen molar-refractivity contribution in [2.75, 3.05) is 6.26 Å². The molecule has 2 atom stereocenters. The van der Waals surface area contributed by atoms with Crippen molar-refractivity contribution >= 4 is 11.8 Å². The van der Waals surface area contributed by atoms with Crippen LogP contribution in [-0.2, 0) is 20.0 Å². The number of nitrogens with one attached hydrogen (secondary N) is 1. The highest BCUT2D eigenvalue weighted by molar-refractivity contribution is 7.99. The van der Waals surface area contributed by atoms with Crippen molar-refractivity contribution in [3.63, 3.8) is 0 Å². The summed E-state index contributed by atoms with van der Waals surface area (Å²) >= 11 is 2.02. The maximum Gasteiger partial charge on any atom is 0.0666 e. The summed E-state index contributed by atoms with van der Waals surface area (Å²) in [6.45, 7) is 3.15. The number of aromatic nitrogens is 2. The van der Waals surface area contributed by atoms with E-state index in [0.29, 0.717) is 6.04 Å². The lowest BCUT2D eigenvalue weighted by molar-refractivity contribution is 0.382. The third-order valence-corrected chi connectivity index (χ3v) is 5.06. The van der Waals surface area contributed by atoms with Gasteiger partial charge in [-0.05, 0) is 25.5 Å². The van der Waals surface area contributed by atoms with Gasteiger partial charge in [0.1, 0.15) is 0 Å². The lowest BCUT2D eigenvalue weighted by Gasteiger charge is -2.31. The molecule has 1 fully saturated rings. The summed E-state index contributed by atoms with van der Waals surface area (Å²) in [6, 6.07) is 0.679. The molecule has 3 nitrogen and oxygen atoms in total. The summed E-state index contributed by atoms with van der Waals surface area (Å²) in [5.41, 5.74) is 2.60. The zero-order chi connectivity index (χ0) is 13.0. The Hall–Kier alpha value is -0.480. The van der Waals surface area contributed by atoms with E-state index in [1.165, 1.54) is 36.9 Å². The van der Waals surface area contributed by atoms with E-state index in [1.807, 2.05) is 23.5 Å². The quantitative estimate of drug-likeness (QED) is 0.889. The second kappa shape index (κ2) is 6.62. The highest BCUT2D eigenvalue weighted by atomic mass is 32.2. The zero-order valence-electron chi connectivity index (χ0n) is 11.8. The molecule has 0 bridgehead atoms. The van der Waals surface area contributed by atoms with Gasteiger partial charge in [-0.2, -0.15) is 16.9 Å². The first-order chi connectivity index (χ1) is 8.74. The molecule has 0 radical (unpaired) electrons. The summed E-state index contributed by atoms with van der Waals surface area (Å²) in [7, 11) is 2.01. The standard InChI is InChI=1S/C14H25N3S/c1-4-12-11(10-17(2)16-12)9-15-13-7-5-6-8-14(13)18-3/h10,13-15H,4-9H2,1-3H3. The van der Waals surface area contributed by atoms with Gasteiger partial charge in [-0.3, -0.25) is 4.68 Å². The topological polar surface area (TPSA) is 29.9 Å². The average Bonchev–Trinajstić information content (AvgIpc) is 2.77. The van der Waals surface area contributed by atoms with Gasteiger partial charge in [-0.25, -0.2) is 0 Å². The smallest absolute Gasteiger partial charge is 0.0666 e. The number of hydrogen-bond acceptors (Lipinski definition) is 3. The summed E-state index contributed by atoms with van der Waals surface area (Å²) < 4.78 is 1.93.